The molecular formula is C18H28N2O2. The lowest BCUT2D eigenvalue weighted by molar-refractivity contribution is 0.148. The highest BCUT2D eigenvalue weighted by Crippen LogP contribution is 2.42. The SMILES string of the molecule is Cc1cc2c(o1)CC(C)(C)CC2NC(=O)N1CCCCC1C. The molecule has 1 fully saturated rings. The summed E-state index contributed by atoms with van der Waals surface area (Å²) in [5, 5.41) is 3.27. The molecule has 0 aromatic carbocycles. The van der Waals surface area contributed by atoms with Crippen molar-refractivity contribution in [3.8, 4) is 0 Å². The number of carbonyl (C=O) groups is 1. The van der Waals surface area contributed by atoms with Crippen molar-refractivity contribution in [1.29, 1.82) is 0 Å². The quantitative estimate of drug-likeness (QED) is 0.845. The van der Waals surface area contributed by atoms with Gasteiger partial charge in [0.25, 0.3) is 0 Å². The van der Waals surface area contributed by atoms with E-state index in [1.165, 1.54) is 12.0 Å². The second-order valence-corrected chi connectivity index (χ2v) is 7.82. The monoisotopic (exact) mass is 304 g/mol. The number of fused-ring (bicyclic) bond motifs is 1. The standard InChI is InChI=1S/C18H28N2O2/c1-12-7-5-6-8-20(12)17(21)19-15-10-18(3,4)11-16-14(15)9-13(2)22-16/h9,12,15H,5-8,10-11H2,1-4H3,(H,19,21). The second-order valence-electron chi connectivity index (χ2n) is 7.82. The van der Waals surface area contributed by atoms with E-state index in [0.717, 1.165) is 43.7 Å². The third kappa shape index (κ3) is 3.01. The van der Waals surface area contributed by atoms with Crippen LogP contribution in [0.3, 0.4) is 0 Å². The topological polar surface area (TPSA) is 45.5 Å². The number of furan rings is 1. The van der Waals surface area contributed by atoms with Gasteiger partial charge in [0.15, 0.2) is 0 Å². The molecule has 2 unspecified atom stereocenters. The fraction of sp³-hybridized carbons (Fsp3) is 0.722. The zero-order valence-electron chi connectivity index (χ0n) is 14.2. The Balaban J connectivity index is 1.77. The minimum absolute atomic E-state index is 0.0674. The maximum atomic E-state index is 12.7. The molecule has 0 saturated carbocycles. The molecule has 2 amide bonds. The predicted molar refractivity (Wildman–Crippen MR) is 86.8 cm³/mol. The van der Waals surface area contributed by atoms with E-state index < -0.39 is 0 Å². The molecule has 2 atom stereocenters. The van der Waals surface area contributed by atoms with Gasteiger partial charge in [-0.2, -0.15) is 0 Å². The van der Waals surface area contributed by atoms with Crippen LogP contribution in [0.15, 0.2) is 10.5 Å². The zero-order valence-corrected chi connectivity index (χ0v) is 14.2. The van der Waals surface area contributed by atoms with Gasteiger partial charge in [-0.15, -0.1) is 0 Å². The summed E-state index contributed by atoms with van der Waals surface area (Å²) in [6.45, 7) is 9.50. The molecule has 3 rings (SSSR count). The normalized spacial score (nSPS) is 27.4. The van der Waals surface area contributed by atoms with Gasteiger partial charge >= 0.3 is 6.03 Å². The Labute approximate surface area is 133 Å². The molecule has 1 aliphatic heterocycles. The molecule has 0 bridgehead atoms. The third-order valence-electron chi connectivity index (χ3n) is 5.10. The van der Waals surface area contributed by atoms with Crippen LogP contribution < -0.4 is 5.32 Å². The molecule has 4 nitrogen and oxygen atoms in total. The van der Waals surface area contributed by atoms with Crippen LogP contribution >= 0.6 is 0 Å². The Bertz CT molecular complexity index is 561. The first-order chi connectivity index (χ1) is 10.4. The molecule has 22 heavy (non-hydrogen) atoms. The number of aryl methyl sites for hydroxylation is 1. The van der Waals surface area contributed by atoms with Crippen molar-refractivity contribution < 1.29 is 9.21 Å². The first-order valence-electron chi connectivity index (χ1n) is 8.52. The summed E-state index contributed by atoms with van der Waals surface area (Å²) in [5.41, 5.74) is 1.33. The van der Waals surface area contributed by atoms with Crippen molar-refractivity contribution in [2.75, 3.05) is 6.54 Å². The van der Waals surface area contributed by atoms with Crippen LogP contribution in [0.2, 0.25) is 0 Å². The van der Waals surface area contributed by atoms with Gasteiger partial charge < -0.3 is 14.6 Å². The molecule has 122 valence electrons. The third-order valence-corrected chi connectivity index (χ3v) is 5.10. The van der Waals surface area contributed by atoms with E-state index in [9.17, 15) is 4.79 Å². The number of rotatable bonds is 1. The zero-order chi connectivity index (χ0) is 15.9. The Kier molecular flexibility index (Phi) is 3.96. The van der Waals surface area contributed by atoms with Gasteiger partial charge in [0.05, 0.1) is 6.04 Å². The fourth-order valence-electron chi connectivity index (χ4n) is 3.95. The highest BCUT2D eigenvalue weighted by molar-refractivity contribution is 5.75. The maximum Gasteiger partial charge on any atom is 0.318 e. The highest BCUT2D eigenvalue weighted by atomic mass is 16.3. The van der Waals surface area contributed by atoms with Gasteiger partial charge in [-0.05, 0) is 51.0 Å². The smallest absolute Gasteiger partial charge is 0.318 e. The van der Waals surface area contributed by atoms with E-state index in [0.29, 0.717) is 6.04 Å². The van der Waals surface area contributed by atoms with Crippen molar-refractivity contribution in [2.45, 2.75) is 71.9 Å². The summed E-state index contributed by atoms with van der Waals surface area (Å²) in [6, 6.07) is 2.59. The molecule has 4 heteroatoms. The first-order valence-corrected chi connectivity index (χ1v) is 8.52. The number of carbonyl (C=O) groups excluding carboxylic acids is 1. The highest BCUT2D eigenvalue weighted by Gasteiger charge is 2.36. The molecule has 2 heterocycles. The van der Waals surface area contributed by atoms with Crippen LogP contribution in [0.1, 0.15) is 69.6 Å². The van der Waals surface area contributed by atoms with Crippen molar-refractivity contribution in [1.82, 2.24) is 10.2 Å². The van der Waals surface area contributed by atoms with Crippen LogP contribution in [-0.4, -0.2) is 23.5 Å². The average molecular weight is 304 g/mol. The number of nitrogens with zero attached hydrogens (tertiary/aromatic N) is 1. The summed E-state index contributed by atoms with van der Waals surface area (Å²) >= 11 is 0. The van der Waals surface area contributed by atoms with Gasteiger partial charge in [0.1, 0.15) is 11.5 Å². The van der Waals surface area contributed by atoms with Gasteiger partial charge in [0, 0.05) is 24.6 Å². The maximum absolute atomic E-state index is 12.7. The van der Waals surface area contributed by atoms with Crippen molar-refractivity contribution >= 4 is 6.03 Å². The number of urea groups is 1. The molecule has 1 aliphatic carbocycles. The van der Waals surface area contributed by atoms with Crippen molar-refractivity contribution in [3.05, 3.63) is 23.2 Å². The molecule has 1 aromatic heterocycles. The van der Waals surface area contributed by atoms with E-state index in [2.05, 4.69) is 32.2 Å². The lowest BCUT2D eigenvalue weighted by Crippen LogP contribution is -2.49. The van der Waals surface area contributed by atoms with E-state index >= 15 is 0 Å². The molecule has 1 aromatic rings. The molecule has 0 radical (unpaired) electrons. The summed E-state index contributed by atoms with van der Waals surface area (Å²) < 4.78 is 5.86. The molecule has 1 saturated heterocycles. The largest absolute Gasteiger partial charge is 0.466 e. The lowest BCUT2D eigenvalue weighted by atomic mass is 9.75. The number of piperidine rings is 1. The summed E-state index contributed by atoms with van der Waals surface area (Å²) in [7, 11) is 0. The Morgan fingerprint density at radius 3 is 2.91 bits per heavy atom. The van der Waals surface area contributed by atoms with E-state index in [1.54, 1.807) is 0 Å². The summed E-state index contributed by atoms with van der Waals surface area (Å²) in [4.78, 5) is 14.7. The Hall–Kier alpha value is -1.45. The van der Waals surface area contributed by atoms with E-state index in [1.807, 2.05) is 11.8 Å². The Morgan fingerprint density at radius 2 is 2.18 bits per heavy atom. The Morgan fingerprint density at radius 1 is 1.41 bits per heavy atom. The fourth-order valence-corrected chi connectivity index (χ4v) is 3.95. The summed E-state index contributed by atoms with van der Waals surface area (Å²) in [6.07, 6.45) is 5.37. The van der Waals surface area contributed by atoms with Crippen LogP contribution in [0.5, 0.6) is 0 Å². The van der Waals surface area contributed by atoms with Crippen LogP contribution in [0.4, 0.5) is 4.79 Å². The second kappa shape index (κ2) is 5.64. The minimum atomic E-state index is 0.0674. The molecule has 0 spiro atoms. The van der Waals surface area contributed by atoms with Crippen molar-refractivity contribution in [2.24, 2.45) is 5.41 Å². The number of amides is 2. The van der Waals surface area contributed by atoms with Gasteiger partial charge in [-0.1, -0.05) is 13.8 Å². The number of nitrogens with one attached hydrogen (secondary N) is 1. The molecule has 2 aliphatic rings. The van der Waals surface area contributed by atoms with E-state index in [4.69, 9.17) is 4.42 Å². The van der Waals surface area contributed by atoms with Gasteiger partial charge in [-0.3, -0.25) is 0 Å². The van der Waals surface area contributed by atoms with Crippen LogP contribution in [-0.2, 0) is 6.42 Å². The van der Waals surface area contributed by atoms with E-state index in [-0.39, 0.29) is 17.5 Å². The van der Waals surface area contributed by atoms with Crippen LogP contribution in [0.25, 0.3) is 0 Å². The first kappa shape index (κ1) is 15.4. The lowest BCUT2D eigenvalue weighted by Gasteiger charge is -2.38. The van der Waals surface area contributed by atoms with Crippen LogP contribution in [0, 0.1) is 12.3 Å². The molecular weight excluding hydrogens is 276 g/mol. The molecule has 1 N–H and O–H groups in total. The average Bonchev–Trinajstić information content (AvgIpc) is 2.78. The van der Waals surface area contributed by atoms with Crippen molar-refractivity contribution in [3.63, 3.8) is 0 Å². The minimum Gasteiger partial charge on any atom is -0.466 e. The van der Waals surface area contributed by atoms with Gasteiger partial charge in [-0.25, -0.2) is 4.79 Å². The summed E-state index contributed by atoms with van der Waals surface area (Å²) in [5.74, 6) is 1.99. The van der Waals surface area contributed by atoms with Gasteiger partial charge in [0.2, 0.25) is 0 Å². The number of hydrogen-bond donors (Lipinski definition) is 1. The number of hydrogen-bond acceptors (Lipinski definition) is 2. The number of likely N-dealkylation sites (tertiary alicyclic amines) is 1. The predicted octanol–water partition coefficient (Wildman–Crippen LogP) is 4.19.